The second kappa shape index (κ2) is 18.2. The van der Waals surface area contributed by atoms with E-state index in [9.17, 15) is 9.00 Å². The molecular weight excluding hydrogens is 620 g/mol. The van der Waals surface area contributed by atoms with E-state index >= 15 is 0 Å². The molecule has 1 saturated carbocycles. The summed E-state index contributed by atoms with van der Waals surface area (Å²) in [4.78, 5) is 15.8. The highest BCUT2D eigenvalue weighted by molar-refractivity contribution is 7.84. The fourth-order valence-corrected chi connectivity index (χ4v) is 8.10. The Hall–Kier alpha value is -2.39. The third kappa shape index (κ3) is 9.15. The summed E-state index contributed by atoms with van der Waals surface area (Å²) in [5.41, 5.74) is 3.94. The van der Waals surface area contributed by atoms with Gasteiger partial charge in [-0.2, -0.15) is 0 Å². The summed E-state index contributed by atoms with van der Waals surface area (Å²) < 4.78 is 34.2. The molecule has 0 radical (unpaired) electrons. The van der Waals surface area contributed by atoms with Crippen molar-refractivity contribution in [2.75, 3.05) is 44.9 Å². The molecule has 2 bridgehead atoms. The van der Waals surface area contributed by atoms with Gasteiger partial charge >= 0.3 is 0 Å². The van der Waals surface area contributed by atoms with Gasteiger partial charge in [0.2, 0.25) is 0 Å². The van der Waals surface area contributed by atoms with Gasteiger partial charge in [0.1, 0.15) is 16.7 Å². The zero-order valence-electron chi connectivity index (χ0n) is 28.3. The molecule has 1 amide bonds. The second-order valence-electron chi connectivity index (χ2n) is 12.3. The molecule has 254 valence electrons. The molecule has 46 heavy (non-hydrogen) atoms. The Bertz CT molecular complexity index is 1340. The standard InChI is InChI=1S/C35H47ClN2O5S.C2H6/c1-4-8-24-19-28(36)13-15-30(24)27-22-38-21-26-11-14-31(26)33(42-18-17-41-3)10-7-6-9-29(5-2)44(40)37-35(39)25-12-16-34(43-23-27)32(38)20-25;1-2/h7,10,12-13,15-16,19-20,26-27,29,31,33H,4-6,8-9,11,14,17-18,21-23H2,1-3H3,(H,37,39);1-2H3/b10-7+;. The Morgan fingerprint density at radius 2 is 1.89 bits per heavy atom. The zero-order valence-corrected chi connectivity index (χ0v) is 29.8. The Morgan fingerprint density at radius 3 is 2.61 bits per heavy atom. The van der Waals surface area contributed by atoms with E-state index in [4.69, 9.17) is 25.8 Å². The van der Waals surface area contributed by atoms with Gasteiger partial charge in [-0.3, -0.25) is 9.52 Å². The first-order valence-electron chi connectivity index (χ1n) is 17.2. The molecule has 6 unspecified atom stereocenters. The van der Waals surface area contributed by atoms with Crippen molar-refractivity contribution in [2.45, 2.75) is 89.9 Å². The number of allylic oxidation sites excluding steroid dienone is 1. The minimum Gasteiger partial charge on any atom is -0.491 e. The van der Waals surface area contributed by atoms with E-state index in [1.165, 1.54) is 11.1 Å². The third-order valence-corrected chi connectivity index (χ3v) is 11.2. The summed E-state index contributed by atoms with van der Waals surface area (Å²) in [5.74, 6) is 1.40. The lowest BCUT2D eigenvalue weighted by molar-refractivity contribution is -0.0308. The number of fused-ring (bicyclic) bond motifs is 2. The van der Waals surface area contributed by atoms with Gasteiger partial charge in [-0.25, -0.2) is 4.21 Å². The fourth-order valence-electron chi connectivity index (χ4n) is 6.79. The predicted molar refractivity (Wildman–Crippen MR) is 190 cm³/mol. The number of benzene rings is 2. The highest BCUT2D eigenvalue weighted by atomic mass is 35.5. The number of nitrogens with one attached hydrogen (secondary N) is 1. The summed E-state index contributed by atoms with van der Waals surface area (Å²) in [5, 5.41) is 0.627. The first kappa shape index (κ1) is 36.4. The molecule has 2 heterocycles. The average Bonchev–Trinajstić information content (AvgIpc) is 3.22. The summed E-state index contributed by atoms with van der Waals surface area (Å²) in [7, 11) is 0.213. The van der Waals surface area contributed by atoms with Crippen LogP contribution in [0.5, 0.6) is 5.75 Å². The van der Waals surface area contributed by atoms with Gasteiger partial charge in [0.05, 0.1) is 36.9 Å². The predicted octanol–water partition coefficient (Wildman–Crippen LogP) is 7.88. The maximum absolute atomic E-state index is 13.4. The van der Waals surface area contributed by atoms with E-state index in [1.807, 2.05) is 39.0 Å². The second-order valence-corrected chi connectivity index (χ2v) is 14.2. The molecule has 5 rings (SSSR count). The molecule has 3 aliphatic rings. The van der Waals surface area contributed by atoms with E-state index in [0.717, 1.165) is 74.5 Å². The van der Waals surface area contributed by atoms with Crippen molar-refractivity contribution >= 4 is 34.2 Å². The third-order valence-electron chi connectivity index (χ3n) is 9.39. The van der Waals surface area contributed by atoms with Crippen LogP contribution in [-0.2, 0) is 26.9 Å². The number of aryl methyl sites for hydroxylation is 1. The van der Waals surface area contributed by atoms with Crippen LogP contribution in [0, 0.1) is 11.8 Å². The van der Waals surface area contributed by atoms with Crippen LogP contribution in [0.2, 0.25) is 5.02 Å². The van der Waals surface area contributed by atoms with Crippen molar-refractivity contribution < 1.29 is 23.2 Å². The minimum absolute atomic E-state index is 0.000616. The first-order chi connectivity index (χ1) is 22.4. The smallest absolute Gasteiger partial charge is 0.263 e. The van der Waals surface area contributed by atoms with Gasteiger partial charge in [-0.05, 0) is 91.8 Å². The number of anilines is 1. The van der Waals surface area contributed by atoms with E-state index in [2.05, 4.69) is 40.8 Å². The maximum atomic E-state index is 13.4. The number of hydrogen-bond donors (Lipinski definition) is 1. The highest BCUT2D eigenvalue weighted by Crippen LogP contribution is 2.43. The molecule has 1 fully saturated rings. The first-order valence-corrected chi connectivity index (χ1v) is 18.8. The van der Waals surface area contributed by atoms with E-state index < -0.39 is 11.0 Å². The number of methoxy groups -OCH3 is 1. The van der Waals surface area contributed by atoms with E-state index in [0.29, 0.717) is 37.2 Å². The summed E-state index contributed by atoms with van der Waals surface area (Å²) in [6.45, 7) is 11.4. The topological polar surface area (TPSA) is 77.1 Å². The number of hydrogen-bond acceptors (Lipinski definition) is 6. The van der Waals surface area contributed by atoms with Crippen LogP contribution in [0.25, 0.3) is 0 Å². The SMILES string of the molecule is CC.CCCc1cc(Cl)ccc1C1COc2ccc3cc2N(C1)CC1CCC1C(OCCOC)/C=C/CCC(CC)S(=O)NC3=O. The highest BCUT2D eigenvalue weighted by Gasteiger charge is 2.39. The molecule has 0 spiro atoms. The molecule has 2 aromatic rings. The fraction of sp³-hybridized carbons (Fsp3) is 0.595. The molecule has 9 heteroatoms. The van der Waals surface area contributed by atoms with Crippen LogP contribution in [0.3, 0.4) is 0 Å². The van der Waals surface area contributed by atoms with Gasteiger partial charge in [0.15, 0.2) is 0 Å². The number of nitrogens with zero attached hydrogens (tertiary/aromatic N) is 1. The van der Waals surface area contributed by atoms with Crippen LogP contribution in [0.1, 0.15) is 93.6 Å². The lowest BCUT2D eigenvalue weighted by Gasteiger charge is -2.44. The molecule has 2 aromatic carbocycles. The van der Waals surface area contributed by atoms with Gasteiger partial charge in [0.25, 0.3) is 5.91 Å². The Morgan fingerprint density at radius 1 is 1.07 bits per heavy atom. The van der Waals surface area contributed by atoms with Gasteiger partial charge in [0, 0.05) is 36.7 Å². The number of rotatable bonds is 8. The number of carbonyl (C=O) groups excluding carboxylic acids is 1. The monoisotopic (exact) mass is 672 g/mol. The Labute approximate surface area is 284 Å². The summed E-state index contributed by atoms with van der Waals surface area (Å²) in [6.07, 6.45) is 10.8. The number of carbonyl (C=O) groups is 1. The van der Waals surface area contributed by atoms with Crippen LogP contribution < -0.4 is 14.4 Å². The van der Waals surface area contributed by atoms with E-state index in [1.54, 1.807) is 13.2 Å². The van der Waals surface area contributed by atoms with Crippen LogP contribution in [0.15, 0.2) is 48.6 Å². The van der Waals surface area contributed by atoms with Crippen molar-refractivity contribution in [1.82, 2.24) is 4.72 Å². The minimum atomic E-state index is -1.49. The molecule has 6 atom stereocenters. The molecular formula is C37H53ClN2O5S. The summed E-state index contributed by atoms with van der Waals surface area (Å²) in [6, 6.07) is 11.8. The zero-order chi connectivity index (χ0) is 33.1. The number of halogens is 1. The Balaban J connectivity index is 0.00000235. The molecule has 7 nitrogen and oxygen atoms in total. The van der Waals surface area contributed by atoms with Crippen LogP contribution >= 0.6 is 11.6 Å². The largest absolute Gasteiger partial charge is 0.491 e. The quantitative estimate of drug-likeness (QED) is 0.227. The normalized spacial score (nSPS) is 27.1. The molecule has 1 aliphatic carbocycles. The average molecular weight is 673 g/mol. The van der Waals surface area contributed by atoms with Gasteiger partial charge in [-0.1, -0.05) is 63.9 Å². The van der Waals surface area contributed by atoms with E-state index in [-0.39, 0.29) is 23.2 Å². The van der Waals surface area contributed by atoms with Crippen LogP contribution in [0.4, 0.5) is 5.69 Å². The summed E-state index contributed by atoms with van der Waals surface area (Å²) >= 11 is 6.43. The van der Waals surface area contributed by atoms with Gasteiger partial charge < -0.3 is 19.1 Å². The number of amides is 1. The van der Waals surface area contributed by atoms with Crippen molar-refractivity contribution in [3.05, 3.63) is 70.3 Å². The lowest BCUT2D eigenvalue weighted by Crippen LogP contribution is -2.45. The molecule has 0 saturated heterocycles. The lowest BCUT2D eigenvalue weighted by atomic mass is 9.70. The van der Waals surface area contributed by atoms with Gasteiger partial charge in [-0.15, -0.1) is 0 Å². The van der Waals surface area contributed by atoms with Crippen molar-refractivity contribution in [3.63, 3.8) is 0 Å². The van der Waals surface area contributed by atoms with Crippen LogP contribution in [-0.4, -0.2) is 61.5 Å². The Kier molecular flexibility index (Phi) is 14.4. The van der Waals surface area contributed by atoms with Crippen molar-refractivity contribution in [3.8, 4) is 5.75 Å². The molecule has 1 N–H and O–H groups in total. The van der Waals surface area contributed by atoms with Crippen molar-refractivity contribution in [2.24, 2.45) is 11.8 Å². The molecule has 2 aliphatic heterocycles. The maximum Gasteiger partial charge on any atom is 0.263 e. The molecule has 0 aromatic heterocycles. The number of ether oxygens (including phenoxy) is 3. The van der Waals surface area contributed by atoms with Crippen molar-refractivity contribution in [1.29, 1.82) is 0 Å².